The van der Waals surface area contributed by atoms with Crippen LogP contribution in [0.2, 0.25) is 0 Å². The van der Waals surface area contributed by atoms with E-state index in [4.69, 9.17) is 9.97 Å². The molecule has 0 saturated heterocycles. The predicted octanol–water partition coefficient (Wildman–Crippen LogP) is 17.4. The molecule has 0 amide bonds. The molecule has 12 aromatic carbocycles. The third-order valence-electron chi connectivity index (χ3n) is 15.2. The van der Waals surface area contributed by atoms with Crippen LogP contribution in [0.15, 0.2) is 231 Å². The molecule has 0 aliphatic heterocycles. The molecule has 322 valence electrons. The third kappa shape index (κ3) is 5.19. The number of hydrogen-bond acceptors (Lipinski definition) is 2. The first-order valence-electron chi connectivity index (χ1n) is 24.1. The van der Waals surface area contributed by atoms with Crippen molar-refractivity contribution >= 4 is 97.6 Å². The van der Waals surface area contributed by atoms with E-state index in [2.05, 4.69) is 240 Å². The fraction of sp³-hybridized carbons (Fsp3) is 0. The Morgan fingerprint density at radius 1 is 0.271 bits per heavy atom. The van der Waals surface area contributed by atoms with Crippen molar-refractivity contribution in [3.05, 3.63) is 231 Å². The van der Waals surface area contributed by atoms with Gasteiger partial charge in [0.2, 0.25) is 0 Å². The highest BCUT2D eigenvalue weighted by molar-refractivity contribution is 6.20. The summed E-state index contributed by atoms with van der Waals surface area (Å²) in [7, 11) is 0. The van der Waals surface area contributed by atoms with E-state index in [1.807, 2.05) is 0 Å². The summed E-state index contributed by atoms with van der Waals surface area (Å²) in [5.41, 5.74) is 16.1. The van der Waals surface area contributed by atoms with E-state index in [1.165, 1.54) is 98.2 Å². The number of fused-ring (bicyclic) bond motifs is 13. The van der Waals surface area contributed by atoms with Crippen molar-refractivity contribution in [3.63, 3.8) is 0 Å². The lowest BCUT2D eigenvalue weighted by atomic mass is 9.95. The van der Waals surface area contributed by atoms with E-state index in [9.17, 15) is 0 Å². The molecule has 0 unspecified atom stereocenters. The summed E-state index contributed by atoms with van der Waals surface area (Å²) >= 11 is 0. The van der Waals surface area contributed by atoms with E-state index in [0.717, 1.165) is 49.9 Å². The molecule has 3 heterocycles. The molecule has 1 aliphatic carbocycles. The normalized spacial score (nSPS) is 12.3. The van der Waals surface area contributed by atoms with Gasteiger partial charge in [-0.15, -0.1) is 0 Å². The largest absolute Gasteiger partial charge is 0.309 e. The van der Waals surface area contributed by atoms with Gasteiger partial charge >= 0.3 is 0 Å². The van der Waals surface area contributed by atoms with E-state index >= 15 is 0 Å². The van der Waals surface area contributed by atoms with Crippen molar-refractivity contribution < 1.29 is 0 Å². The van der Waals surface area contributed by atoms with Gasteiger partial charge in [0.05, 0.1) is 39.0 Å². The highest BCUT2D eigenvalue weighted by Gasteiger charge is 2.25. The molecule has 0 radical (unpaired) electrons. The van der Waals surface area contributed by atoms with Gasteiger partial charge in [-0.25, -0.2) is 9.97 Å². The van der Waals surface area contributed by atoms with Crippen LogP contribution in [0, 0.1) is 0 Å². The van der Waals surface area contributed by atoms with E-state index in [-0.39, 0.29) is 0 Å². The first-order chi connectivity index (χ1) is 34.7. The quantitative estimate of drug-likeness (QED) is 0.176. The van der Waals surface area contributed by atoms with Gasteiger partial charge in [-0.05, 0) is 127 Å². The van der Waals surface area contributed by atoms with E-state index < -0.39 is 0 Å². The van der Waals surface area contributed by atoms with Gasteiger partial charge in [0, 0.05) is 49.1 Å². The minimum Gasteiger partial charge on any atom is -0.309 e. The first-order valence-corrected chi connectivity index (χ1v) is 24.1. The first kappa shape index (κ1) is 37.7. The Bertz CT molecular complexity index is 4750. The minimum absolute atomic E-state index is 0.712. The maximum Gasteiger partial charge on any atom is 0.161 e. The van der Waals surface area contributed by atoms with Crippen LogP contribution in [-0.2, 0) is 0 Å². The van der Waals surface area contributed by atoms with Gasteiger partial charge in [-0.2, -0.15) is 0 Å². The fourth-order valence-corrected chi connectivity index (χ4v) is 12.1. The van der Waals surface area contributed by atoms with Crippen molar-refractivity contribution in [2.75, 3.05) is 0 Å². The van der Waals surface area contributed by atoms with Crippen molar-refractivity contribution in [2.24, 2.45) is 0 Å². The number of rotatable bonds is 4. The zero-order valence-electron chi connectivity index (χ0n) is 37.7. The molecule has 0 saturated carbocycles. The molecule has 1 aliphatic rings. The highest BCUT2D eigenvalue weighted by atomic mass is 15.0. The van der Waals surface area contributed by atoms with Crippen molar-refractivity contribution in [3.8, 4) is 56.3 Å². The zero-order valence-corrected chi connectivity index (χ0v) is 37.7. The van der Waals surface area contributed by atoms with Crippen LogP contribution in [0.1, 0.15) is 0 Å². The maximum atomic E-state index is 5.55. The van der Waals surface area contributed by atoms with Crippen LogP contribution in [0.5, 0.6) is 0 Å². The van der Waals surface area contributed by atoms with Crippen molar-refractivity contribution in [1.29, 1.82) is 0 Å². The average Bonchev–Trinajstić information content (AvgIpc) is 4.04. The topological polar surface area (TPSA) is 35.6 Å². The van der Waals surface area contributed by atoms with Crippen LogP contribution >= 0.6 is 0 Å². The summed E-state index contributed by atoms with van der Waals surface area (Å²) in [6, 6.07) is 84.4. The number of nitrogens with zero attached hydrogens (tertiary/aromatic N) is 4. The molecule has 16 rings (SSSR count). The van der Waals surface area contributed by atoms with Gasteiger partial charge in [0.15, 0.2) is 5.82 Å². The van der Waals surface area contributed by atoms with E-state index in [1.54, 1.807) is 0 Å². The third-order valence-corrected chi connectivity index (χ3v) is 15.2. The van der Waals surface area contributed by atoms with Crippen LogP contribution in [0.3, 0.4) is 0 Å². The molecule has 4 nitrogen and oxygen atoms in total. The van der Waals surface area contributed by atoms with Crippen LogP contribution in [0.25, 0.3) is 154 Å². The average molecular weight is 887 g/mol. The number of aromatic nitrogens is 4. The number of benzene rings is 12. The lowest BCUT2D eigenvalue weighted by molar-refractivity contribution is 1.19. The second-order valence-corrected chi connectivity index (χ2v) is 18.8. The smallest absolute Gasteiger partial charge is 0.161 e. The maximum absolute atomic E-state index is 5.55. The second kappa shape index (κ2) is 14.1. The van der Waals surface area contributed by atoms with Crippen molar-refractivity contribution in [1.82, 2.24) is 19.1 Å². The van der Waals surface area contributed by atoms with Gasteiger partial charge in [0.1, 0.15) is 0 Å². The molecule has 15 aromatic rings. The molecular weight excluding hydrogens is 849 g/mol. The molecule has 0 bridgehead atoms. The molecule has 0 spiro atoms. The summed E-state index contributed by atoms with van der Waals surface area (Å²) in [4.78, 5) is 10.9. The summed E-state index contributed by atoms with van der Waals surface area (Å²) < 4.78 is 4.89. The fourth-order valence-electron chi connectivity index (χ4n) is 12.1. The zero-order chi connectivity index (χ0) is 45.6. The summed E-state index contributed by atoms with van der Waals surface area (Å²) in [6.07, 6.45) is 0. The standard InChI is InChI=1S/C66H38N4/c1-2-15-40-37-62-56(35-39(40)14-1)48-20-8-11-26-59(48)69(62)43-29-28-41-38-63-57(36-42(41)34-43)49-21-9-12-27-60(49)70(63)61-33-32-54(46-18-5-6-19-47(46)61)66-67-58-25-10-7-22-55(58)65(68-66)53-31-30-52-45-17-4-3-16-44(45)50-23-13-24-51(53)64(50)52/h1-38H. The van der Waals surface area contributed by atoms with Gasteiger partial charge in [-0.1, -0.05) is 164 Å². The Labute approximate surface area is 401 Å². The monoisotopic (exact) mass is 886 g/mol. The predicted molar refractivity (Wildman–Crippen MR) is 294 cm³/mol. The minimum atomic E-state index is 0.712. The summed E-state index contributed by atoms with van der Waals surface area (Å²) in [6.45, 7) is 0. The lowest BCUT2D eigenvalue weighted by Gasteiger charge is -2.16. The molecule has 0 atom stereocenters. The lowest BCUT2D eigenvalue weighted by Crippen LogP contribution is -1.99. The highest BCUT2D eigenvalue weighted by Crippen LogP contribution is 2.50. The second-order valence-electron chi connectivity index (χ2n) is 18.8. The molecule has 3 aromatic heterocycles. The van der Waals surface area contributed by atoms with Crippen molar-refractivity contribution in [2.45, 2.75) is 0 Å². The summed E-state index contributed by atoms with van der Waals surface area (Å²) in [5.74, 6) is 0.712. The van der Waals surface area contributed by atoms with Gasteiger partial charge in [0.25, 0.3) is 0 Å². The Morgan fingerprint density at radius 2 is 0.814 bits per heavy atom. The molecule has 0 N–H and O–H groups in total. The molecule has 70 heavy (non-hydrogen) atoms. The van der Waals surface area contributed by atoms with Gasteiger partial charge in [-0.3, -0.25) is 0 Å². The molecular formula is C66H38N4. The number of hydrogen-bond donors (Lipinski definition) is 0. The molecule has 0 fully saturated rings. The Kier molecular flexibility index (Phi) is 7.58. The van der Waals surface area contributed by atoms with Crippen LogP contribution in [-0.4, -0.2) is 19.1 Å². The molecule has 4 heteroatoms. The van der Waals surface area contributed by atoms with Crippen LogP contribution in [0.4, 0.5) is 0 Å². The van der Waals surface area contributed by atoms with Gasteiger partial charge < -0.3 is 9.13 Å². The Morgan fingerprint density at radius 3 is 1.60 bits per heavy atom. The van der Waals surface area contributed by atoms with E-state index in [0.29, 0.717) is 5.82 Å². The Balaban J connectivity index is 0.876. The van der Waals surface area contributed by atoms with Crippen LogP contribution < -0.4 is 0 Å². The summed E-state index contributed by atoms with van der Waals surface area (Å²) in [5, 5.41) is 15.6. The SMILES string of the molecule is c1ccc2c(c1)-c1cccc3c(-c4nc(-c5ccc(-n6c7ccccc7c7cc8cc(-n9c%10ccccc%10c%10cc%11ccccc%11cc%109)ccc8cc76)c6ccccc56)nc5ccccc45)ccc-2c13. The Hall–Kier alpha value is -9.38. The number of para-hydroxylation sites is 3.